The smallest absolute Gasteiger partial charge is 0.228 e. The van der Waals surface area contributed by atoms with Crippen molar-refractivity contribution in [1.82, 2.24) is 4.31 Å². The van der Waals surface area contributed by atoms with Crippen LogP contribution in [0, 0.1) is 5.92 Å². The molecule has 1 saturated heterocycles. The summed E-state index contributed by atoms with van der Waals surface area (Å²) in [5.74, 6) is -0.312. The van der Waals surface area contributed by atoms with Gasteiger partial charge in [0.2, 0.25) is 15.9 Å². The monoisotopic (exact) mass is 344 g/mol. The van der Waals surface area contributed by atoms with Crippen molar-refractivity contribution in [2.24, 2.45) is 5.92 Å². The van der Waals surface area contributed by atoms with Crippen LogP contribution in [-0.2, 0) is 14.8 Å². The molecule has 1 heterocycles. The molecule has 1 aromatic carbocycles. The largest absolute Gasteiger partial charge is 0.326 e. The minimum absolute atomic E-state index is 0.137. The molecular weight excluding hydrogens is 324 g/mol. The molecule has 5 nitrogen and oxygen atoms in total. The average molecular weight is 345 g/mol. The number of amides is 1. The van der Waals surface area contributed by atoms with Gasteiger partial charge in [0, 0.05) is 23.8 Å². The van der Waals surface area contributed by atoms with E-state index in [9.17, 15) is 13.2 Å². The lowest BCUT2D eigenvalue weighted by molar-refractivity contribution is -0.120. The van der Waals surface area contributed by atoms with E-state index < -0.39 is 10.0 Å². The molecule has 1 aromatic rings. The van der Waals surface area contributed by atoms with Crippen molar-refractivity contribution in [2.45, 2.75) is 26.2 Å². The quantitative estimate of drug-likeness (QED) is 0.893. The Balaban J connectivity index is 1.99. The molecule has 0 aromatic heterocycles. The van der Waals surface area contributed by atoms with Gasteiger partial charge >= 0.3 is 0 Å². The fraction of sp³-hybridized carbons (Fsp3) is 0.533. The van der Waals surface area contributed by atoms with Crippen LogP contribution in [0.15, 0.2) is 24.3 Å². The zero-order valence-electron chi connectivity index (χ0n) is 12.6. The van der Waals surface area contributed by atoms with Crippen LogP contribution in [0.3, 0.4) is 0 Å². The van der Waals surface area contributed by atoms with Crippen LogP contribution in [0.25, 0.3) is 0 Å². The molecule has 0 saturated carbocycles. The minimum atomic E-state index is -3.24. The van der Waals surface area contributed by atoms with Crippen LogP contribution in [0.4, 0.5) is 5.69 Å². The molecule has 122 valence electrons. The van der Waals surface area contributed by atoms with E-state index in [-0.39, 0.29) is 24.1 Å². The Morgan fingerprint density at radius 3 is 2.68 bits per heavy atom. The van der Waals surface area contributed by atoms with Crippen molar-refractivity contribution in [3.05, 3.63) is 29.3 Å². The first-order chi connectivity index (χ1) is 10.4. The Labute approximate surface area is 136 Å². The maximum Gasteiger partial charge on any atom is 0.228 e. The van der Waals surface area contributed by atoms with Crippen LogP contribution in [0.2, 0.25) is 5.02 Å². The summed E-state index contributed by atoms with van der Waals surface area (Å²) in [4.78, 5) is 12.3. The number of anilines is 1. The minimum Gasteiger partial charge on any atom is -0.326 e. The van der Waals surface area contributed by atoms with E-state index in [1.165, 1.54) is 4.31 Å². The van der Waals surface area contributed by atoms with Gasteiger partial charge < -0.3 is 5.32 Å². The highest BCUT2D eigenvalue weighted by atomic mass is 35.5. The molecule has 2 rings (SSSR count). The van der Waals surface area contributed by atoms with Gasteiger partial charge in [-0.15, -0.1) is 0 Å². The first-order valence-corrected chi connectivity index (χ1v) is 9.45. The van der Waals surface area contributed by atoms with Gasteiger partial charge in [0.05, 0.1) is 11.7 Å². The molecule has 1 unspecified atom stereocenters. The second kappa shape index (κ2) is 7.44. The van der Waals surface area contributed by atoms with Crippen molar-refractivity contribution in [2.75, 3.05) is 24.2 Å². The fourth-order valence-electron chi connectivity index (χ4n) is 2.57. The van der Waals surface area contributed by atoms with E-state index >= 15 is 0 Å². The molecule has 22 heavy (non-hydrogen) atoms. The highest BCUT2D eigenvalue weighted by Gasteiger charge is 2.31. The third-order valence-electron chi connectivity index (χ3n) is 3.72. The van der Waals surface area contributed by atoms with Crippen LogP contribution in [0.1, 0.15) is 26.2 Å². The Hall–Kier alpha value is -1.11. The SMILES string of the molecule is CCCS(=O)(=O)N1CCCC(C(=O)Nc2ccc(Cl)cc2)C1. The zero-order valence-corrected chi connectivity index (χ0v) is 14.2. The van der Waals surface area contributed by atoms with E-state index in [1.54, 1.807) is 24.3 Å². The Bertz CT molecular complexity index is 616. The van der Waals surface area contributed by atoms with Gasteiger partial charge in [-0.05, 0) is 43.5 Å². The summed E-state index contributed by atoms with van der Waals surface area (Å²) >= 11 is 5.81. The standard InChI is InChI=1S/C15H21ClN2O3S/c1-2-10-22(20,21)18-9-3-4-12(11-18)15(19)17-14-7-5-13(16)6-8-14/h5-8,12H,2-4,9-11H2,1H3,(H,17,19). The van der Waals surface area contributed by atoms with Gasteiger partial charge in [0.15, 0.2) is 0 Å². The average Bonchev–Trinajstić information content (AvgIpc) is 2.50. The molecule has 0 aliphatic carbocycles. The van der Waals surface area contributed by atoms with E-state index in [2.05, 4.69) is 5.32 Å². The highest BCUT2D eigenvalue weighted by Crippen LogP contribution is 2.22. The molecule has 0 bridgehead atoms. The fourth-order valence-corrected chi connectivity index (χ4v) is 4.29. The summed E-state index contributed by atoms with van der Waals surface area (Å²) in [5, 5.41) is 3.43. The number of carbonyl (C=O) groups is 1. The lowest BCUT2D eigenvalue weighted by Gasteiger charge is -2.31. The first-order valence-electron chi connectivity index (χ1n) is 7.46. The summed E-state index contributed by atoms with van der Waals surface area (Å²) in [6.45, 7) is 2.61. The predicted molar refractivity (Wildman–Crippen MR) is 88.5 cm³/mol. The number of rotatable bonds is 5. The van der Waals surface area contributed by atoms with Crippen LogP contribution in [-0.4, -0.2) is 37.5 Å². The third kappa shape index (κ3) is 4.44. The number of hydrogen-bond donors (Lipinski definition) is 1. The molecular formula is C15H21ClN2O3S. The second-order valence-corrected chi connectivity index (χ2v) is 8.03. The molecule has 1 atom stereocenters. The Morgan fingerprint density at radius 2 is 2.05 bits per heavy atom. The lowest BCUT2D eigenvalue weighted by Crippen LogP contribution is -2.44. The first kappa shape index (κ1) is 17.2. The topological polar surface area (TPSA) is 66.5 Å². The maximum atomic E-state index is 12.3. The normalized spacial score (nSPS) is 19.8. The summed E-state index contributed by atoms with van der Waals surface area (Å²) < 4.78 is 25.7. The summed E-state index contributed by atoms with van der Waals surface area (Å²) in [5.41, 5.74) is 0.669. The van der Waals surface area contributed by atoms with Crippen LogP contribution < -0.4 is 5.32 Å². The molecule has 0 radical (unpaired) electrons. The molecule has 1 amide bonds. The lowest BCUT2D eigenvalue weighted by atomic mass is 9.99. The molecule has 1 aliphatic heterocycles. The number of benzene rings is 1. The van der Waals surface area contributed by atoms with Gasteiger partial charge in [0.1, 0.15) is 0 Å². The number of halogens is 1. The van der Waals surface area contributed by atoms with E-state index in [0.29, 0.717) is 36.5 Å². The van der Waals surface area contributed by atoms with E-state index in [0.717, 1.165) is 0 Å². The third-order valence-corrected chi connectivity index (χ3v) is 6.02. The number of nitrogens with zero attached hydrogens (tertiary/aromatic N) is 1. The van der Waals surface area contributed by atoms with Crippen molar-refractivity contribution < 1.29 is 13.2 Å². The van der Waals surface area contributed by atoms with Gasteiger partial charge in [-0.25, -0.2) is 12.7 Å². The summed E-state index contributed by atoms with van der Waals surface area (Å²) in [6.07, 6.45) is 2.00. The van der Waals surface area contributed by atoms with Crippen molar-refractivity contribution in [1.29, 1.82) is 0 Å². The van der Waals surface area contributed by atoms with Gasteiger partial charge in [0.25, 0.3) is 0 Å². The summed E-state index contributed by atoms with van der Waals surface area (Å²) in [7, 11) is -3.24. The van der Waals surface area contributed by atoms with Crippen molar-refractivity contribution >= 4 is 33.2 Å². The van der Waals surface area contributed by atoms with E-state index in [4.69, 9.17) is 11.6 Å². The van der Waals surface area contributed by atoms with Crippen LogP contribution >= 0.6 is 11.6 Å². The van der Waals surface area contributed by atoms with Gasteiger partial charge in [-0.2, -0.15) is 0 Å². The number of carbonyl (C=O) groups excluding carboxylic acids is 1. The van der Waals surface area contributed by atoms with E-state index in [1.807, 2.05) is 6.92 Å². The highest BCUT2D eigenvalue weighted by molar-refractivity contribution is 7.89. The van der Waals surface area contributed by atoms with Crippen molar-refractivity contribution in [3.63, 3.8) is 0 Å². The zero-order chi connectivity index (χ0) is 16.2. The molecule has 1 aliphatic rings. The number of hydrogen-bond acceptors (Lipinski definition) is 3. The molecule has 1 fully saturated rings. The number of sulfonamides is 1. The maximum absolute atomic E-state index is 12.3. The molecule has 0 spiro atoms. The van der Waals surface area contributed by atoms with Gasteiger partial charge in [-0.1, -0.05) is 18.5 Å². The van der Waals surface area contributed by atoms with Crippen LogP contribution in [0.5, 0.6) is 0 Å². The van der Waals surface area contributed by atoms with Gasteiger partial charge in [-0.3, -0.25) is 4.79 Å². The Morgan fingerprint density at radius 1 is 1.36 bits per heavy atom. The van der Waals surface area contributed by atoms with Crippen molar-refractivity contribution in [3.8, 4) is 0 Å². The second-order valence-electron chi connectivity index (χ2n) is 5.51. The number of piperidine rings is 1. The molecule has 1 N–H and O–H groups in total. The predicted octanol–water partition coefficient (Wildman–Crippen LogP) is 2.73. The number of nitrogens with one attached hydrogen (secondary N) is 1. The molecule has 7 heteroatoms. The summed E-state index contributed by atoms with van der Waals surface area (Å²) in [6, 6.07) is 6.87. The Kier molecular flexibility index (Phi) is 5.83.